The van der Waals surface area contributed by atoms with Gasteiger partial charge in [-0.15, -0.1) is 12.4 Å². The van der Waals surface area contributed by atoms with Gasteiger partial charge in [0, 0.05) is 23.2 Å². The summed E-state index contributed by atoms with van der Waals surface area (Å²) in [6.07, 6.45) is 6.75. The monoisotopic (exact) mass is 498 g/mol. The van der Waals surface area contributed by atoms with Crippen molar-refractivity contribution in [3.8, 4) is 0 Å². The third-order valence-electron chi connectivity index (χ3n) is 8.01. The van der Waals surface area contributed by atoms with E-state index in [0.717, 1.165) is 38.9 Å². The van der Waals surface area contributed by atoms with Gasteiger partial charge in [0.15, 0.2) is 0 Å². The highest BCUT2D eigenvalue weighted by Crippen LogP contribution is 2.43. The maximum atomic E-state index is 10.4. The first-order valence-electron chi connectivity index (χ1n) is 12.7. The molecule has 0 aliphatic carbocycles. The van der Waals surface area contributed by atoms with Crippen LogP contribution in [0.2, 0.25) is 0 Å². The zero-order valence-electron chi connectivity index (χ0n) is 20.7. The van der Waals surface area contributed by atoms with E-state index in [4.69, 9.17) is 0 Å². The fourth-order valence-corrected chi connectivity index (χ4v) is 5.88. The predicted molar refractivity (Wildman–Crippen MR) is 150 cm³/mol. The van der Waals surface area contributed by atoms with Crippen molar-refractivity contribution in [1.82, 2.24) is 9.88 Å². The predicted octanol–water partition coefficient (Wildman–Crippen LogP) is 6.25. The first-order chi connectivity index (χ1) is 17.3. The van der Waals surface area contributed by atoms with Crippen molar-refractivity contribution in [3.05, 3.63) is 138 Å². The topological polar surface area (TPSA) is 36.4 Å². The Balaban J connectivity index is 0.00000304. The molecule has 1 aromatic heterocycles. The molecule has 4 heteroatoms. The number of hydrogen-bond donors (Lipinski definition) is 1. The third kappa shape index (κ3) is 5.10. The lowest BCUT2D eigenvalue weighted by Crippen LogP contribution is -2.46. The van der Waals surface area contributed by atoms with Crippen LogP contribution in [0.25, 0.3) is 0 Å². The summed E-state index contributed by atoms with van der Waals surface area (Å²) >= 11 is 0. The Kier molecular flexibility index (Phi) is 8.58. The van der Waals surface area contributed by atoms with Crippen molar-refractivity contribution in [2.24, 2.45) is 0 Å². The van der Waals surface area contributed by atoms with Crippen LogP contribution in [0.3, 0.4) is 0 Å². The van der Waals surface area contributed by atoms with Gasteiger partial charge in [0.05, 0.1) is 6.61 Å². The normalized spacial score (nSPS) is 15.7. The Labute approximate surface area is 221 Å². The molecule has 1 fully saturated rings. The van der Waals surface area contributed by atoms with E-state index >= 15 is 0 Å². The maximum Gasteiger partial charge on any atom is 0.0528 e. The lowest BCUT2D eigenvalue weighted by molar-refractivity contribution is 0.0983. The molecule has 0 atom stereocenters. The molecule has 1 N–H and O–H groups in total. The molecule has 0 amide bonds. The molecule has 3 aromatic carbocycles. The van der Waals surface area contributed by atoms with Gasteiger partial charge in [0.25, 0.3) is 0 Å². The summed E-state index contributed by atoms with van der Waals surface area (Å²) in [5.74, 6) is 0. The number of aliphatic hydroxyl groups is 1. The van der Waals surface area contributed by atoms with E-state index < -0.39 is 0 Å². The molecular weight excluding hydrogens is 464 g/mol. The van der Waals surface area contributed by atoms with Crippen LogP contribution in [-0.2, 0) is 10.8 Å². The molecule has 2 heterocycles. The molecule has 3 nitrogen and oxygen atoms in total. The van der Waals surface area contributed by atoms with Gasteiger partial charge in [-0.2, -0.15) is 0 Å². The van der Waals surface area contributed by atoms with Crippen LogP contribution in [0.15, 0.2) is 116 Å². The minimum atomic E-state index is -0.254. The quantitative estimate of drug-likeness (QED) is 0.312. The second-order valence-electron chi connectivity index (χ2n) is 9.77. The first kappa shape index (κ1) is 26.1. The fourth-order valence-electron chi connectivity index (χ4n) is 5.88. The number of halogens is 1. The summed E-state index contributed by atoms with van der Waals surface area (Å²) in [4.78, 5) is 6.90. The van der Waals surface area contributed by atoms with Crippen LogP contribution < -0.4 is 0 Å². The van der Waals surface area contributed by atoms with Crippen molar-refractivity contribution < 1.29 is 5.11 Å². The number of rotatable bonds is 8. The second-order valence-corrected chi connectivity index (χ2v) is 9.77. The number of benzene rings is 3. The van der Waals surface area contributed by atoms with Crippen molar-refractivity contribution in [2.45, 2.75) is 30.1 Å². The fraction of sp³-hybridized carbons (Fsp3) is 0.281. The van der Waals surface area contributed by atoms with Crippen LogP contribution in [0.1, 0.15) is 41.5 Å². The lowest BCUT2D eigenvalue weighted by atomic mass is 9.67. The second kappa shape index (κ2) is 11.8. The zero-order valence-corrected chi connectivity index (χ0v) is 21.5. The van der Waals surface area contributed by atoms with Gasteiger partial charge in [0.1, 0.15) is 0 Å². The van der Waals surface area contributed by atoms with Gasteiger partial charge in [-0.05, 0) is 73.3 Å². The number of hydrogen-bond acceptors (Lipinski definition) is 3. The molecule has 1 aliphatic rings. The molecular formula is C32H35ClN2O. The Bertz CT molecular complexity index is 1080. The Morgan fingerprint density at radius 3 is 1.67 bits per heavy atom. The Morgan fingerprint density at radius 1 is 0.694 bits per heavy atom. The Hall–Kier alpha value is -2.98. The molecule has 1 saturated heterocycles. The summed E-state index contributed by atoms with van der Waals surface area (Å²) in [6.45, 7) is 3.18. The van der Waals surface area contributed by atoms with E-state index in [9.17, 15) is 5.11 Å². The van der Waals surface area contributed by atoms with E-state index in [0.29, 0.717) is 0 Å². The largest absolute Gasteiger partial charge is 0.395 e. The van der Waals surface area contributed by atoms with Crippen LogP contribution in [-0.4, -0.2) is 41.2 Å². The standard InChI is InChI=1S/C32H34N2O.ClH/c35-26-31(27-10-4-1-5-11-27)18-23-34(24-19-31)25-20-32(28-12-6-2-7-13-28,29-14-8-3-9-15-29)30-16-21-33-22-17-30;/h1-17,21-22,35H,18-20,23-26H2;1H. The van der Waals surface area contributed by atoms with Gasteiger partial charge < -0.3 is 10.0 Å². The van der Waals surface area contributed by atoms with Crippen LogP contribution >= 0.6 is 12.4 Å². The van der Waals surface area contributed by atoms with Gasteiger partial charge >= 0.3 is 0 Å². The highest BCUT2D eigenvalue weighted by Gasteiger charge is 2.39. The average molecular weight is 499 g/mol. The summed E-state index contributed by atoms with van der Waals surface area (Å²) in [5, 5.41) is 10.4. The van der Waals surface area contributed by atoms with E-state index in [2.05, 4.69) is 113 Å². The van der Waals surface area contributed by atoms with Crippen LogP contribution in [0.5, 0.6) is 0 Å². The maximum absolute atomic E-state index is 10.4. The van der Waals surface area contributed by atoms with E-state index in [1.807, 2.05) is 12.4 Å². The number of aromatic nitrogens is 1. The number of pyridine rings is 1. The van der Waals surface area contributed by atoms with Gasteiger partial charge in [0.2, 0.25) is 0 Å². The molecule has 0 unspecified atom stereocenters. The van der Waals surface area contributed by atoms with Gasteiger partial charge in [-0.25, -0.2) is 0 Å². The molecule has 0 spiro atoms. The minimum absolute atomic E-state index is 0. The van der Waals surface area contributed by atoms with Gasteiger partial charge in [-0.3, -0.25) is 4.98 Å². The summed E-state index contributed by atoms with van der Waals surface area (Å²) < 4.78 is 0. The van der Waals surface area contributed by atoms with E-state index in [-0.39, 0.29) is 29.8 Å². The SMILES string of the molecule is Cl.OCC1(c2ccccc2)CCN(CCC(c2ccccc2)(c2ccccc2)c2ccncc2)CC1. The molecule has 4 aromatic rings. The smallest absolute Gasteiger partial charge is 0.0528 e. The molecule has 0 radical (unpaired) electrons. The molecule has 0 bridgehead atoms. The average Bonchev–Trinajstić information content (AvgIpc) is 2.96. The van der Waals surface area contributed by atoms with E-state index in [1.54, 1.807) is 0 Å². The van der Waals surface area contributed by atoms with E-state index in [1.165, 1.54) is 22.3 Å². The number of likely N-dealkylation sites (tertiary alicyclic amines) is 1. The van der Waals surface area contributed by atoms with Crippen LogP contribution in [0, 0.1) is 0 Å². The first-order valence-corrected chi connectivity index (χ1v) is 12.7. The summed E-state index contributed by atoms with van der Waals surface area (Å²) in [5.41, 5.74) is 4.78. The highest BCUT2D eigenvalue weighted by molar-refractivity contribution is 5.85. The highest BCUT2D eigenvalue weighted by atomic mass is 35.5. The summed E-state index contributed by atoms with van der Waals surface area (Å²) in [7, 11) is 0. The summed E-state index contributed by atoms with van der Waals surface area (Å²) in [6, 6.07) is 36.7. The molecule has 186 valence electrons. The van der Waals surface area contributed by atoms with Crippen molar-refractivity contribution in [2.75, 3.05) is 26.2 Å². The van der Waals surface area contributed by atoms with Crippen molar-refractivity contribution >= 4 is 12.4 Å². The number of aliphatic hydroxyl groups excluding tert-OH is 1. The van der Waals surface area contributed by atoms with Crippen molar-refractivity contribution in [1.29, 1.82) is 0 Å². The molecule has 0 saturated carbocycles. The Morgan fingerprint density at radius 2 is 1.17 bits per heavy atom. The van der Waals surface area contributed by atoms with Gasteiger partial charge in [-0.1, -0.05) is 91.0 Å². The molecule has 36 heavy (non-hydrogen) atoms. The third-order valence-corrected chi connectivity index (χ3v) is 8.01. The lowest BCUT2D eigenvalue weighted by Gasteiger charge is -2.43. The molecule has 1 aliphatic heterocycles. The zero-order chi connectivity index (χ0) is 24.0. The number of nitrogens with zero attached hydrogens (tertiary/aromatic N) is 2. The molecule has 5 rings (SSSR count). The van der Waals surface area contributed by atoms with Crippen LogP contribution in [0.4, 0.5) is 0 Å². The minimum Gasteiger partial charge on any atom is -0.395 e. The number of piperidine rings is 1. The van der Waals surface area contributed by atoms with Crippen molar-refractivity contribution in [3.63, 3.8) is 0 Å².